The van der Waals surface area contributed by atoms with E-state index in [1.165, 1.54) is 7.11 Å². The number of carbonyl (C=O) groups excluding carboxylic acids is 1. The van der Waals surface area contributed by atoms with Gasteiger partial charge in [-0.15, -0.1) is 10.2 Å². The second kappa shape index (κ2) is 10.9. The Morgan fingerprint density at radius 3 is 2.37 bits per heavy atom. The largest absolute Gasteiger partial charge is 0.495 e. The SMILES string of the molecule is COc1ccc(NC(=O)CSc2nnc(CS(=O)(=O)c3ccccc3)n2-c2ccccc2)cc1Cl. The van der Waals surface area contributed by atoms with E-state index in [1.807, 2.05) is 30.3 Å². The van der Waals surface area contributed by atoms with Crippen LogP contribution in [0.15, 0.2) is 88.9 Å². The first-order valence-corrected chi connectivity index (χ1v) is 13.4. The fraction of sp³-hybridized carbons (Fsp3) is 0.125. The molecule has 0 unspecified atom stereocenters. The number of carbonyl (C=O) groups is 1. The maximum absolute atomic E-state index is 13.0. The monoisotopic (exact) mass is 528 g/mol. The lowest BCUT2D eigenvalue weighted by Crippen LogP contribution is -2.15. The molecule has 0 aliphatic rings. The van der Waals surface area contributed by atoms with Crippen LogP contribution in [0.4, 0.5) is 5.69 Å². The van der Waals surface area contributed by atoms with Crippen LogP contribution < -0.4 is 10.1 Å². The van der Waals surface area contributed by atoms with Gasteiger partial charge in [0, 0.05) is 11.4 Å². The van der Waals surface area contributed by atoms with Gasteiger partial charge in [-0.1, -0.05) is 59.8 Å². The molecule has 4 rings (SSSR count). The maximum atomic E-state index is 13.0. The lowest BCUT2D eigenvalue weighted by molar-refractivity contribution is -0.113. The number of hydrogen-bond acceptors (Lipinski definition) is 7. The molecule has 1 amide bonds. The molecule has 11 heteroatoms. The van der Waals surface area contributed by atoms with Gasteiger partial charge in [0.2, 0.25) is 5.91 Å². The third-order valence-electron chi connectivity index (χ3n) is 4.90. The molecule has 1 N–H and O–H groups in total. The number of amides is 1. The number of rotatable bonds is 9. The average molecular weight is 529 g/mol. The predicted molar refractivity (Wildman–Crippen MR) is 136 cm³/mol. The van der Waals surface area contributed by atoms with Crippen LogP contribution in [0.25, 0.3) is 5.69 Å². The fourth-order valence-corrected chi connectivity index (χ4v) is 5.57. The van der Waals surface area contributed by atoms with E-state index in [4.69, 9.17) is 16.3 Å². The van der Waals surface area contributed by atoms with Crippen LogP contribution >= 0.6 is 23.4 Å². The van der Waals surface area contributed by atoms with Crippen LogP contribution in [0.2, 0.25) is 5.02 Å². The number of ether oxygens (including phenoxy) is 1. The molecule has 1 heterocycles. The van der Waals surface area contributed by atoms with E-state index in [9.17, 15) is 13.2 Å². The smallest absolute Gasteiger partial charge is 0.234 e. The number of anilines is 1. The van der Waals surface area contributed by atoms with Gasteiger partial charge in [-0.2, -0.15) is 0 Å². The zero-order valence-electron chi connectivity index (χ0n) is 18.6. The van der Waals surface area contributed by atoms with Crippen molar-refractivity contribution >= 4 is 44.8 Å². The standard InChI is InChI=1S/C24H21ClN4O4S2/c1-33-21-13-12-17(14-20(21)25)26-23(30)15-34-24-28-27-22(29(24)18-8-4-2-5-9-18)16-35(31,32)19-10-6-3-7-11-19/h2-14H,15-16H2,1H3,(H,26,30). The normalized spacial score (nSPS) is 11.3. The van der Waals surface area contributed by atoms with Crippen LogP contribution in [0.5, 0.6) is 5.75 Å². The highest BCUT2D eigenvalue weighted by atomic mass is 35.5. The molecule has 1 aromatic heterocycles. The van der Waals surface area contributed by atoms with Gasteiger partial charge in [0.15, 0.2) is 20.8 Å². The van der Waals surface area contributed by atoms with Crippen molar-refractivity contribution in [2.45, 2.75) is 15.8 Å². The van der Waals surface area contributed by atoms with E-state index < -0.39 is 9.84 Å². The van der Waals surface area contributed by atoms with Crippen molar-refractivity contribution in [3.05, 3.63) is 89.7 Å². The number of thioether (sulfide) groups is 1. The summed E-state index contributed by atoms with van der Waals surface area (Å²) in [5, 5.41) is 11.9. The van der Waals surface area contributed by atoms with Gasteiger partial charge in [-0.3, -0.25) is 9.36 Å². The molecule has 0 saturated carbocycles. The molecule has 180 valence electrons. The third-order valence-corrected chi connectivity index (χ3v) is 7.76. The minimum Gasteiger partial charge on any atom is -0.495 e. The molecule has 0 aliphatic carbocycles. The van der Waals surface area contributed by atoms with E-state index in [0.29, 0.717) is 27.3 Å². The Morgan fingerprint density at radius 1 is 1.03 bits per heavy atom. The van der Waals surface area contributed by atoms with Crippen molar-refractivity contribution in [3.63, 3.8) is 0 Å². The van der Waals surface area contributed by atoms with Crippen LogP contribution in [-0.4, -0.2) is 42.0 Å². The van der Waals surface area contributed by atoms with Crippen molar-refractivity contribution in [2.75, 3.05) is 18.2 Å². The van der Waals surface area contributed by atoms with E-state index in [1.54, 1.807) is 53.1 Å². The fourth-order valence-electron chi connectivity index (χ4n) is 3.28. The Kier molecular flexibility index (Phi) is 7.74. The summed E-state index contributed by atoms with van der Waals surface area (Å²) in [5.74, 6) is 0.172. The van der Waals surface area contributed by atoms with Crippen LogP contribution in [0.1, 0.15) is 5.82 Å². The van der Waals surface area contributed by atoms with E-state index in [2.05, 4.69) is 15.5 Å². The number of nitrogens with zero attached hydrogens (tertiary/aromatic N) is 3. The molecular weight excluding hydrogens is 508 g/mol. The highest BCUT2D eigenvalue weighted by Crippen LogP contribution is 2.28. The van der Waals surface area contributed by atoms with E-state index in [0.717, 1.165) is 11.8 Å². The van der Waals surface area contributed by atoms with Crippen LogP contribution in [0, 0.1) is 0 Å². The molecule has 0 bridgehead atoms. The van der Waals surface area contributed by atoms with Crippen molar-refractivity contribution in [1.29, 1.82) is 0 Å². The van der Waals surface area contributed by atoms with Crippen molar-refractivity contribution in [3.8, 4) is 11.4 Å². The number of para-hydroxylation sites is 1. The summed E-state index contributed by atoms with van der Waals surface area (Å²) < 4.78 is 32.7. The Balaban J connectivity index is 1.54. The number of methoxy groups -OCH3 is 1. The molecule has 0 atom stereocenters. The quantitative estimate of drug-likeness (QED) is 0.316. The lowest BCUT2D eigenvalue weighted by atomic mass is 10.3. The lowest BCUT2D eigenvalue weighted by Gasteiger charge is -2.11. The summed E-state index contributed by atoms with van der Waals surface area (Å²) in [5.41, 5.74) is 1.22. The van der Waals surface area contributed by atoms with E-state index in [-0.39, 0.29) is 28.1 Å². The average Bonchev–Trinajstić information content (AvgIpc) is 3.25. The predicted octanol–water partition coefficient (Wildman–Crippen LogP) is 4.63. The van der Waals surface area contributed by atoms with Gasteiger partial charge >= 0.3 is 0 Å². The molecule has 0 fully saturated rings. The Morgan fingerprint density at radius 2 is 1.71 bits per heavy atom. The third kappa shape index (κ3) is 6.02. The second-order valence-electron chi connectivity index (χ2n) is 7.33. The molecule has 35 heavy (non-hydrogen) atoms. The summed E-state index contributed by atoms with van der Waals surface area (Å²) in [6.07, 6.45) is 0. The summed E-state index contributed by atoms with van der Waals surface area (Å²) in [7, 11) is -2.13. The summed E-state index contributed by atoms with van der Waals surface area (Å²) >= 11 is 7.27. The highest BCUT2D eigenvalue weighted by Gasteiger charge is 2.23. The number of halogens is 1. The van der Waals surface area contributed by atoms with Gasteiger partial charge < -0.3 is 10.1 Å². The molecule has 0 aliphatic heterocycles. The molecule has 0 spiro atoms. The molecule has 8 nitrogen and oxygen atoms in total. The van der Waals surface area contributed by atoms with Crippen molar-refractivity contribution in [2.24, 2.45) is 0 Å². The van der Waals surface area contributed by atoms with Crippen molar-refractivity contribution in [1.82, 2.24) is 14.8 Å². The minimum atomic E-state index is -3.65. The van der Waals surface area contributed by atoms with Gasteiger partial charge in [0.05, 0.1) is 22.8 Å². The molecule has 0 saturated heterocycles. The second-order valence-corrected chi connectivity index (χ2v) is 10.7. The summed E-state index contributed by atoms with van der Waals surface area (Å²) in [4.78, 5) is 12.8. The number of sulfone groups is 1. The topological polar surface area (TPSA) is 103 Å². The number of nitrogens with one attached hydrogen (secondary N) is 1. The molecule has 4 aromatic rings. The highest BCUT2D eigenvalue weighted by molar-refractivity contribution is 7.99. The van der Waals surface area contributed by atoms with Gasteiger partial charge in [-0.25, -0.2) is 8.42 Å². The Bertz CT molecular complexity index is 1430. The Hall–Kier alpha value is -3.34. The first kappa shape index (κ1) is 24.8. The van der Waals surface area contributed by atoms with E-state index >= 15 is 0 Å². The first-order chi connectivity index (χ1) is 16.9. The summed E-state index contributed by atoms with van der Waals surface area (Å²) in [6.45, 7) is 0. The zero-order chi connectivity index (χ0) is 24.8. The van der Waals surface area contributed by atoms with Gasteiger partial charge in [-0.05, 0) is 42.5 Å². The molecule has 0 radical (unpaired) electrons. The molecular formula is C24H21ClN4O4S2. The maximum Gasteiger partial charge on any atom is 0.234 e. The Labute approximate surface area is 212 Å². The minimum absolute atomic E-state index is 0.0278. The number of hydrogen-bond donors (Lipinski definition) is 1. The summed E-state index contributed by atoms with van der Waals surface area (Å²) in [6, 6.07) is 22.3. The van der Waals surface area contributed by atoms with Gasteiger partial charge in [0.1, 0.15) is 11.5 Å². The molecule has 3 aromatic carbocycles. The number of aromatic nitrogens is 3. The van der Waals surface area contributed by atoms with Crippen molar-refractivity contribution < 1.29 is 17.9 Å². The van der Waals surface area contributed by atoms with Crippen LogP contribution in [0.3, 0.4) is 0 Å². The number of benzene rings is 3. The zero-order valence-corrected chi connectivity index (χ0v) is 21.0. The first-order valence-electron chi connectivity index (χ1n) is 10.4. The van der Waals surface area contributed by atoms with Gasteiger partial charge in [0.25, 0.3) is 0 Å². The van der Waals surface area contributed by atoms with Crippen LogP contribution in [-0.2, 0) is 20.4 Å².